The van der Waals surface area contributed by atoms with Crippen LogP contribution in [0.1, 0.15) is 20.3 Å². The van der Waals surface area contributed by atoms with Gasteiger partial charge in [0.05, 0.1) is 5.75 Å². The Morgan fingerprint density at radius 2 is 2.00 bits per heavy atom. The van der Waals surface area contributed by atoms with E-state index in [9.17, 15) is 8.42 Å². The fourth-order valence-corrected chi connectivity index (χ4v) is 2.22. The highest BCUT2D eigenvalue weighted by Crippen LogP contribution is 1.92. The van der Waals surface area contributed by atoms with Crippen molar-refractivity contribution in [2.45, 2.75) is 20.3 Å². The molecule has 0 atom stereocenters. The second kappa shape index (κ2) is 6.16. The van der Waals surface area contributed by atoms with Crippen molar-refractivity contribution in [3.63, 3.8) is 0 Å². The zero-order valence-corrected chi connectivity index (χ0v) is 9.28. The van der Waals surface area contributed by atoms with Gasteiger partial charge in [0.25, 0.3) is 0 Å². The van der Waals surface area contributed by atoms with Crippen LogP contribution in [0, 0.1) is 0 Å². The minimum Gasteiger partial charge on any atom is -0.312 e. The number of hydrogen-bond acceptors (Lipinski definition) is 3. The van der Waals surface area contributed by atoms with Crippen LogP contribution in [0.25, 0.3) is 0 Å². The average molecular weight is 205 g/mol. The molecule has 0 aromatic carbocycles. The van der Waals surface area contributed by atoms with Crippen molar-refractivity contribution in [3.8, 4) is 0 Å². The van der Waals surface area contributed by atoms with Crippen LogP contribution in [0.3, 0.4) is 0 Å². The molecule has 0 aliphatic heterocycles. The molecule has 0 amide bonds. The largest absolute Gasteiger partial charge is 0.312 e. The van der Waals surface area contributed by atoms with Gasteiger partial charge in [-0.05, 0) is 13.3 Å². The molecule has 0 aromatic rings. The van der Waals surface area contributed by atoms with Crippen LogP contribution >= 0.6 is 0 Å². The van der Waals surface area contributed by atoms with E-state index in [0.29, 0.717) is 25.3 Å². The summed E-state index contributed by atoms with van der Waals surface area (Å²) in [6.45, 7) is 8.72. The topological polar surface area (TPSA) is 46.2 Å². The Morgan fingerprint density at radius 1 is 1.38 bits per heavy atom. The highest BCUT2D eigenvalue weighted by Gasteiger charge is 2.07. The van der Waals surface area contributed by atoms with Gasteiger partial charge in [-0.1, -0.05) is 19.1 Å². The Balaban J connectivity index is 3.58. The van der Waals surface area contributed by atoms with Crippen LogP contribution in [-0.4, -0.2) is 33.0 Å². The smallest absolute Gasteiger partial charge is 0.151 e. The van der Waals surface area contributed by atoms with Gasteiger partial charge in [0.1, 0.15) is 0 Å². The lowest BCUT2D eigenvalue weighted by Gasteiger charge is -2.04. The van der Waals surface area contributed by atoms with Gasteiger partial charge in [0.2, 0.25) is 0 Å². The third-order valence-electron chi connectivity index (χ3n) is 1.53. The van der Waals surface area contributed by atoms with Gasteiger partial charge in [0, 0.05) is 18.8 Å². The van der Waals surface area contributed by atoms with Gasteiger partial charge in [-0.2, -0.15) is 0 Å². The normalized spacial score (nSPS) is 11.5. The summed E-state index contributed by atoms with van der Waals surface area (Å²) in [7, 11) is -2.82. The van der Waals surface area contributed by atoms with E-state index in [0.717, 1.165) is 5.57 Å². The molecule has 0 radical (unpaired) electrons. The molecule has 0 saturated heterocycles. The first-order valence-electron chi connectivity index (χ1n) is 4.53. The molecule has 1 N–H and O–H groups in total. The molecule has 0 unspecified atom stereocenters. The lowest BCUT2D eigenvalue weighted by Crippen LogP contribution is -2.25. The van der Waals surface area contributed by atoms with Crippen LogP contribution in [0.2, 0.25) is 0 Å². The van der Waals surface area contributed by atoms with E-state index in [1.807, 2.05) is 13.8 Å². The maximum atomic E-state index is 11.2. The molecule has 0 aliphatic rings. The molecule has 4 heteroatoms. The van der Waals surface area contributed by atoms with Crippen molar-refractivity contribution < 1.29 is 8.42 Å². The predicted molar refractivity (Wildman–Crippen MR) is 56.6 cm³/mol. The van der Waals surface area contributed by atoms with Crippen LogP contribution in [0.15, 0.2) is 12.2 Å². The van der Waals surface area contributed by atoms with Crippen molar-refractivity contribution in [3.05, 3.63) is 12.2 Å². The Bertz CT molecular complexity index is 244. The summed E-state index contributed by atoms with van der Waals surface area (Å²) in [5.41, 5.74) is 1.02. The monoisotopic (exact) mass is 205 g/mol. The lowest BCUT2D eigenvalue weighted by atomic mass is 10.3. The third kappa shape index (κ3) is 7.99. The maximum Gasteiger partial charge on any atom is 0.151 e. The molecule has 0 saturated carbocycles. The molecule has 0 spiro atoms. The quantitative estimate of drug-likeness (QED) is 0.498. The summed E-state index contributed by atoms with van der Waals surface area (Å²) in [5.74, 6) is 0.524. The summed E-state index contributed by atoms with van der Waals surface area (Å²) in [6, 6.07) is 0. The summed E-state index contributed by atoms with van der Waals surface area (Å²) in [6.07, 6.45) is 0.697. The van der Waals surface area contributed by atoms with Crippen molar-refractivity contribution in [2.24, 2.45) is 0 Å². The molecule has 0 fully saturated rings. The Morgan fingerprint density at radius 3 is 2.46 bits per heavy atom. The van der Waals surface area contributed by atoms with Gasteiger partial charge in [-0.15, -0.1) is 0 Å². The van der Waals surface area contributed by atoms with E-state index in [-0.39, 0.29) is 5.75 Å². The predicted octanol–water partition coefficient (Wildman–Crippen LogP) is 0.977. The molecular formula is C9H19NO2S. The summed E-state index contributed by atoms with van der Waals surface area (Å²) >= 11 is 0. The Kier molecular flexibility index (Phi) is 5.99. The van der Waals surface area contributed by atoms with Gasteiger partial charge >= 0.3 is 0 Å². The third-order valence-corrected chi connectivity index (χ3v) is 3.39. The molecule has 13 heavy (non-hydrogen) atoms. The average Bonchev–Trinajstić information content (AvgIpc) is 1.98. The fourth-order valence-electron chi connectivity index (χ4n) is 0.943. The minimum absolute atomic E-state index is 0.230. The molecule has 0 bridgehead atoms. The van der Waals surface area contributed by atoms with E-state index >= 15 is 0 Å². The zero-order chi connectivity index (χ0) is 10.3. The van der Waals surface area contributed by atoms with Crippen molar-refractivity contribution in [1.82, 2.24) is 5.32 Å². The van der Waals surface area contributed by atoms with Crippen LogP contribution in [0.4, 0.5) is 0 Å². The molecule has 78 valence electrons. The molecule has 0 rings (SSSR count). The van der Waals surface area contributed by atoms with Crippen molar-refractivity contribution in [2.75, 3.05) is 24.6 Å². The second-order valence-corrected chi connectivity index (χ2v) is 5.59. The fraction of sp³-hybridized carbons (Fsp3) is 0.778. The number of nitrogens with one attached hydrogen (secondary N) is 1. The number of sulfone groups is 1. The second-order valence-electron chi connectivity index (χ2n) is 3.29. The van der Waals surface area contributed by atoms with E-state index in [1.54, 1.807) is 0 Å². The lowest BCUT2D eigenvalue weighted by molar-refractivity contribution is 0.591. The van der Waals surface area contributed by atoms with Crippen molar-refractivity contribution in [1.29, 1.82) is 0 Å². The minimum atomic E-state index is -2.82. The van der Waals surface area contributed by atoms with Crippen LogP contribution in [-0.2, 0) is 9.84 Å². The Hall–Kier alpha value is -0.350. The maximum absolute atomic E-state index is 11.2. The zero-order valence-electron chi connectivity index (χ0n) is 8.47. The van der Waals surface area contributed by atoms with E-state index in [2.05, 4.69) is 11.9 Å². The number of hydrogen-bond donors (Lipinski definition) is 1. The van der Waals surface area contributed by atoms with E-state index in [4.69, 9.17) is 0 Å². The highest BCUT2D eigenvalue weighted by molar-refractivity contribution is 7.91. The van der Waals surface area contributed by atoms with Gasteiger partial charge < -0.3 is 5.32 Å². The SMILES string of the molecule is C=C(C)CNCCS(=O)(=O)CCC. The summed E-state index contributed by atoms with van der Waals surface area (Å²) < 4.78 is 22.4. The van der Waals surface area contributed by atoms with Gasteiger partial charge in [-0.25, -0.2) is 8.42 Å². The molecule has 0 heterocycles. The first-order valence-corrected chi connectivity index (χ1v) is 6.35. The standard InChI is InChI=1S/C9H19NO2S/c1-4-6-13(11,12)7-5-10-8-9(2)3/h10H,2,4-8H2,1,3H3. The van der Waals surface area contributed by atoms with E-state index < -0.39 is 9.84 Å². The Labute approximate surface area is 81.1 Å². The summed E-state index contributed by atoms with van der Waals surface area (Å²) in [5, 5.41) is 3.02. The molecule has 0 aliphatic carbocycles. The molecular weight excluding hydrogens is 186 g/mol. The van der Waals surface area contributed by atoms with Crippen LogP contribution < -0.4 is 5.32 Å². The van der Waals surface area contributed by atoms with Gasteiger partial charge in [0.15, 0.2) is 9.84 Å². The first kappa shape index (κ1) is 12.7. The first-order chi connectivity index (χ1) is 5.98. The molecule has 0 aromatic heterocycles. The summed E-state index contributed by atoms with van der Waals surface area (Å²) in [4.78, 5) is 0. The van der Waals surface area contributed by atoms with Crippen molar-refractivity contribution >= 4 is 9.84 Å². The van der Waals surface area contributed by atoms with Gasteiger partial charge in [-0.3, -0.25) is 0 Å². The van der Waals surface area contributed by atoms with Crippen LogP contribution in [0.5, 0.6) is 0 Å². The molecule has 3 nitrogen and oxygen atoms in total. The number of rotatable bonds is 7. The van der Waals surface area contributed by atoms with E-state index in [1.165, 1.54) is 0 Å². The highest BCUT2D eigenvalue weighted by atomic mass is 32.2.